The average Bonchev–Trinajstić information content (AvgIpc) is 3.99. The van der Waals surface area contributed by atoms with Crippen LogP contribution in [0.15, 0.2) is 77.8 Å². The molecule has 1 amide bonds. The third-order valence-electron chi connectivity index (χ3n) is 12.6. The molecule has 0 saturated carbocycles. The Morgan fingerprint density at radius 3 is 2.47 bits per heavy atom. The smallest absolute Gasteiger partial charge is 0.434 e. The van der Waals surface area contributed by atoms with Gasteiger partial charge in [0.1, 0.15) is 33.6 Å². The number of nitrogens with one attached hydrogen (secondary N) is 1. The lowest BCUT2D eigenvalue weighted by atomic mass is 9.87. The Morgan fingerprint density at radius 1 is 1.00 bits per heavy atom. The van der Waals surface area contributed by atoms with Crippen molar-refractivity contribution in [2.75, 3.05) is 57.3 Å². The summed E-state index contributed by atoms with van der Waals surface area (Å²) in [6.45, 7) is 14.1. The van der Waals surface area contributed by atoms with E-state index in [9.17, 15) is 20.0 Å². The van der Waals surface area contributed by atoms with Crippen LogP contribution in [0.25, 0.3) is 5.57 Å². The van der Waals surface area contributed by atoms with E-state index in [1.807, 2.05) is 12.1 Å². The second-order valence-corrected chi connectivity index (χ2v) is 20.9. The zero-order valence-corrected chi connectivity index (χ0v) is 33.4. The first-order valence-electron chi connectivity index (χ1n) is 20.2. The molecule has 288 valence electrons. The number of rotatable bonds is 10. The van der Waals surface area contributed by atoms with Gasteiger partial charge in [-0.15, -0.1) is 0 Å². The van der Waals surface area contributed by atoms with Gasteiger partial charge < -0.3 is 30.3 Å². The molecule has 12 heteroatoms. The highest BCUT2D eigenvalue weighted by Gasteiger charge is 2.41. The predicted molar refractivity (Wildman–Crippen MR) is 218 cm³/mol. The van der Waals surface area contributed by atoms with Crippen LogP contribution in [0, 0.1) is 23.0 Å². The molecule has 3 fully saturated rings. The maximum absolute atomic E-state index is 13.5. The van der Waals surface area contributed by atoms with Gasteiger partial charge in [0.05, 0.1) is 6.54 Å². The van der Waals surface area contributed by atoms with E-state index in [4.69, 9.17) is 0 Å². The number of imidazole rings is 1. The summed E-state index contributed by atoms with van der Waals surface area (Å²) in [4.78, 5) is 32.5. The topological polar surface area (TPSA) is 123 Å². The lowest BCUT2D eigenvalue weighted by Crippen LogP contribution is -2.50. The number of allylic oxidation sites excluding steroid dienone is 5. The number of carbonyl (C=O) groups excluding carboxylic acids is 1. The number of aromatic nitrogens is 2. The van der Waals surface area contributed by atoms with Crippen molar-refractivity contribution >= 4 is 42.1 Å². The Morgan fingerprint density at radius 2 is 1.75 bits per heavy atom. The van der Waals surface area contributed by atoms with E-state index in [1.54, 1.807) is 0 Å². The minimum absolute atomic E-state index is 0.0157. The number of hydrogen-bond acceptors (Lipinski definition) is 7. The molecule has 5 heterocycles. The monoisotopic (exact) mass is 759 g/mol. The van der Waals surface area contributed by atoms with Gasteiger partial charge >= 0.3 is 5.95 Å². The van der Waals surface area contributed by atoms with Crippen LogP contribution in [0.3, 0.4) is 0 Å². The second-order valence-electron chi connectivity index (χ2n) is 16.6. The zero-order chi connectivity index (χ0) is 38.3. The molecule has 1 unspecified atom stereocenters. The van der Waals surface area contributed by atoms with Gasteiger partial charge in [-0.2, -0.15) is 0 Å². The summed E-state index contributed by atoms with van der Waals surface area (Å²) in [6, 6.07) is 13.4. The largest absolute Gasteiger partial charge is 0.849 e. The Bertz CT molecular complexity index is 2110. The Kier molecular flexibility index (Phi) is 10.5. The fourth-order valence-electron chi connectivity index (χ4n) is 9.44. The van der Waals surface area contributed by atoms with E-state index in [0.717, 1.165) is 57.7 Å². The van der Waals surface area contributed by atoms with Crippen molar-refractivity contribution in [1.82, 2.24) is 19.8 Å². The van der Waals surface area contributed by atoms with Crippen LogP contribution >= 0.6 is 0 Å². The highest BCUT2D eigenvalue weighted by Crippen LogP contribution is 2.43. The van der Waals surface area contributed by atoms with Gasteiger partial charge in [-0.25, -0.2) is 9.14 Å². The van der Waals surface area contributed by atoms with E-state index in [1.165, 1.54) is 86.7 Å². The second kappa shape index (κ2) is 15.5. The highest BCUT2D eigenvalue weighted by molar-refractivity contribution is 6.98. The molecule has 1 aliphatic carbocycles. The van der Waals surface area contributed by atoms with Crippen molar-refractivity contribution in [3.63, 3.8) is 0 Å². The number of likely N-dealkylation sites (tertiary alicyclic amines) is 1. The number of amides is 1. The van der Waals surface area contributed by atoms with Crippen LogP contribution in [0.2, 0.25) is 13.1 Å². The molecule has 5 aliphatic rings. The predicted octanol–water partition coefficient (Wildman–Crippen LogP) is 4.58. The van der Waals surface area contributed by atoms with Crippen molar-refractivity contribution in [3.05, 3.63) is 110 Å². The normalized spacial score (nSPS) is 20.4. The number of anilines is 1. The number of benzene rings is 2. The number of carbonyl (C=O) groups is 1. The first-order valence-corrected chi connectivity index (χ1v) is 23.2. The summed E-state index contributed by atoms with van der Waals surface area (Å²) >= 11 is 0. The van der Waals surface area contributed by atoms with E-state index in [0.29, 0.717) is 24.6 Å². The fraction of sp³-hybridized carbons (Fsp3) is 0.465. The first kappa shape index (κ1) is 37.3. The molecule has 0 radical (unpaired) electrons. The maximum atomic E-state index is 13.5. The summed E-state index contributed by atoms with van der Waals surface area (Å²) in [5.74, 6) is -0.0337. The quantitative estimate of drug-likeness (QED) is 0.139. The van der Waals surface area contributed by atoms with Crippen molar-refractivity contribution in [2.24, 2.45) is 5.92 Å². The van der Waals surface area contributed by atoms with Crippen LogP contribution in [0.5, 0.6) is 0 Å². The summed E-state index contributed by atoms with van der Waals surface area (Å²) in [5, 5.41) is 30.1. The fourth-order valence-corrected chi connectivity index (χ4v) is 12.5. The molecular formula is C43H53N7O4Si. The van der Waals surface area contributed by atoms with Gasteiger partial charge in [-0.05, 0) is 132 Å². The van der Waals surface area contributed by atoms with Crippen molar-refractivity contribution in [2.45, 2.75) is 71.2 Å². The van der Waals surface area contributed by atoms with Gasteiger partial charge in [-0.3, -0.25) is 4.79 Å². The van der Waals surface area contributed by atoms with Crippen LogP contribution in [-0.2, 0) is 6.54 Å². The molecule has 1 atom stereocenters. The first-order chi connectivity index (χ1) is 26.6. The molecule has 1 aromatic heterocycles. The lowest BCUT2D eigenvalue weighted by Gasteiger charge is -2.38. The summed E-state index contributed by atoms with van der Waals surface area (Å²) in [5.41, 5.74) is 9.57. The third kappa shape index (κ3) is 7.51. The van der Waals surface area contributed by atoms with Crippen molar-refractivity contribution < 1.29 is 19.4 Å². The number of nitrogens with zero attached hydrogens (tertiary/aromatic N) is 6. The Hall–Kier alpha value is -4.65. The molecule has 3 aromatic rings. The van der Waals surface area contributed by atoms with Crippen molar-refractivity contribution in [3.8, 4) is 0 Å². The minimum atomic E-state index is -2.06. The van der Waals surface area contributed by atoms with E-state index < -0.39 is 19.1 Å². The summed E-state index contributed by atoms with van der Waals surface area (Å²) in [6.07, 6.45) is 15.8. The van der Waals surface area contributed by atoms with E-state index in [-0.39, 0.29) is 18.4 Å². The van der Waals surface area contributed by atoms with Crippen LogP contribution in [0.1, 0.15) is 65.6 Å². The maximum Gasteiger partial charge on any atom is 0.434 e. The molecule has 3 saturated heterocycles. The van der Waals surface area contributed by atoms with Crippen LogP contribution in [-0.4, -0.2) is 102 Å². The van der Waals surface area contributed by atoms with Gasteiger partial charge in [0.2, 0.25) is 0 Å². The molecular weight excluding hydrogens is 707 g/mol. The SMILES string of the molecule is Cc1cc(C(=O)NCC2CCN(CC([O-])Cn3ccnc3[N+](=O)[O-])CC2)ccc1C1=C2C=CC(=[N+]3CCCC3)C=C2[Si](C)(C)c2cc(N3CCCC3)ccc21. The summed E-state index contributed by atoms with van der Waals surface area (Å²) < 4.78 is 3.87. The number of nitro groups is 1. The average molecular weight is 760 g/mol. The van der Waals surface area contributed by atoms with Crippen LogP contribution < -0.4 is 20.5 Å². The van der Waals surface area contributed by atoms with Gasteiger partial charge in [0, 0.05) is 55.9 Å². The molecule has 55 heavy (non-hydrogen) atoms. The molecule has 2 aromatic carbocycles. The van der Waals surface area contributed by atoms with E-state index in [2.05, 4.69) is 87.2 Å². The molecule has 8 rings (SSSR count). The minimum Gasteiger partial charge on any atom is -0.849 e. The molecule has 0 spiro atoms. The number of aryl methyl sites for hydroxylation is 1. The lowest BCUT2D eigenvalue weighted by molar-refractivity contribution is -0.504. The molecule has 4 aliphatic heterocycles. The van der Waals surface area contributed by atoms with Gasteiger partial charge in [0.15, 0.2) is 5.71 Å². The number of piperidine rings is 1. The van der Waals surface area contributed by atoms with Gasteiger partial charge in [-0.1, -0.05) is 36.3 Å². The summed E-state index contributed by atoms with van der Waals surface area (Å²) in [7, 11) is -2.06. The van der Waals surface area contributed by atoms with E-state index >= 15 is 0 Å². The standard InChI is InChI=1S/C43H53N7O4Si/c1-30-24-32(42(52)45-27-31-14-21-46(22-15-31)28-35(51)29-49-23-16-44-43(49)50(53)54)8-11-36(30)41-37-12-9-33(47-17-4-5-18-47)25-39(37)55(2,3)40-26-34(10-13-38(40)41)48-19-6-7-20-48/h8-13,16,23-26,31,35H,4-7,14-15,17-22,27-29H2,1-3H3,(H,45,52). The Labute approximate surface area is 324 Å². The number of hydrogen-bond donors (Lipinski definition) is 1. The molecule has 11 nitrogen and oxygen atoms in total. The molecule has 1 N–H and O–H groups in total. The van der Waals surface area contributed by atoms with Crippen molar-refractivity contribution in [1.29, 1.82) is 0 Å². The van der Waals surface area contributed by atoms with Gasteiger partial charge in [0.25, 0.3) is 5.91 Å². The third-order valence-corrected chi connectivity index (χ3v) is 16.1. The Balaban J connectivity index is 0.971. The number of fused-ring (bicyclic) bond motifs is 2. The van der Waals surface area contributed by atoms with Crippen LogP contribution in [0.4, 0.5) is 11.6 Å². The highest BCUT2D eigenvalue weighted by atomic mass is 28.3. The molecule has 0 bridgehead atoms. The zero-order valence-electron chi connectivity index (χ0n) is 32.4.